The minimum atomic E-state index is -0.604. The highest BCUT2D eigenvalue weighted by Gasteiger charge is 2.37. The molecular weight excluding hydrogens is 246 g/mol. The van der Waals surface area contributed by atoms with E-state index >= 15 is 0 Å². The number of hydrogen-bond donors (Lipinski definition) is 1. The lowest BCUT2D eigenvalue weighted by Crippen LogP contribution is -2.44. The molecule has 1 aromatic rings. The van der Waals surface area contributed by atoms with Crippen LogP contribution in [0.25, 0.3) is 0 Å². The van der Waals surface area contributed by atoms with Gasteiger partial charge in [-0.2, -0.15) is 5.26 Å². The summed E-state index contributed by atoms with van der Waals surface area (Å²) in [6.45, 7) is 0.345. The first-order valence-electron chi connectivity index (χ1n) is 5.79. The zero-order valence-electron chi connectivity index (χ0n) is 10.4. The van der Waals surface area contributed by atoms with Crippen LogP contribution < -0.4 is 5.32 Å². The lowest BCUT2D eigenvalue weighted by Gasteiger charge is -2.19. The van der Waals surface area contributed by atoms with Crippen molar-refractivity contribution in [1.29, 1.82) is 5.26 Å². The first-order valence-corrected chi connectivity index (χ1v) is 5.79. The quantitative estimate of drug-likeness (QED) is 0.862. The molecule has 0 unspecified atom stereocenters. The molecule has 6 nitrogen and oxygen atoms in total. The van der Waals surface area contributed by atoms with E-state index in [1.54, 1.807) is 24.3 Å². The molecule has 0 spiro atoms. The zero-order chi connectivity index (χ0) is 13.8. The van der Waals surface area contributed by atoms with E-state index in [9.17, 15) is 9.59 Å². The molecule has 1 fully saturated rings. The van der Waals surface area contributed by atoms with Crippen LogP contribution in [0.3, 0.4) is 0 Å². The number of benzene rings is 1. The van der Waals surface area contributed by atoms with E-state index in [0.29, 0.717) is 5.56 Å². The van der Waals surface area contributed by atoms with Gasteiger partial charge in [0.2, 0.25) is 5.91 Å². The van der Waals surface area contributed by atoms with Gasteiger partial charge in [-0.25, -0.2) is 4.79 Å². The summed E-state index contributed by atoms with van der Waals surface area (Å²) in [7, 11) is 1.52. The Balaban J connectivity index is 2.13. The second kappa shape index (κ2) is 5.40. The summed E-state index contributed by atoms with van der Waals surface area (Å²) in [6, 6.07) is 8.27. The van der Waals surface area contributed by atoms with Crippen LogP contribution in [0.5, 0.6) is 0 Å². The van der Waals surface area contributed by atoms with Crippen LogP contribution >= 0.6 is 0 Å². The van der Waals surface area contributed by atoms with Gasteiger partial charge in [0.25, 0.3) is 0 Å². The molecule has 1 aliphatic rings. The van der Waals surface area contributed by atoms with Crippen LogP contribution in [0.15, 0.2) is 24.3 Å². The Hall–Kier alpha value is -2.55. The van der Waals surface area contributed by atoms with E-state index in [0.717, 1.165) is 5.56 Å². The number of ether oxygens (including phenoxy) is 1. The van der Waals surface area contributed by atoms with Crippen molar-refractivity contribution in [3.05, 3.63) is 35.4 Å². The van der Waals surface area contributed by atoms with Crippen LogP contribution in [0.2, 0.25) is 0 Å². The molecule has 1 N–H and O–H groups in total. The number of nitriles is 1. The molecule has 6 heteroatoms. The predicted octanol–water partition coefficient (Wildman–Crippen LogP) is 0.625. The Labute approximate surface area is 110 Å². The second-order valence-electron chi connectivity index (χ2n) is 4.14. The summed E-state index contributed by atoms with van der Waals surface area (Å²) in [5, 5.41) is 11.2. The summed E-state index contributed by atoms with van der Waals surface area (Å²) in [5.74, 6) is -0.250. The van der Waals surface area contributed by atoms with E-state index < -0.39 is 12.1 Å². The van der Waals surface area contributed by atoms with E-state index in [1.165, 1.54) is 11.9 Å². The summed E-state index contributed by atoms with van der Waals surface area (Å²) >= 11 is 0. The molecule has 0 aromatic heterocycles. The van der Waals surface area contributed by atoms with Crippen molar-refractivity contribution in [2.75, 3.05) is 13.7 Å². The molecule has 98 valence electrons. The third kappa shape index (κ3) is 2.65. The fourth-order valence-electron chi connectivity index (χ4n) is 1.89. The Morgan fingerprint density at radius 2 is 2.21 bits per heavy atom. The van der Waals surface area contributed by atoms with Gasteiger partial charge in [-0.15, -0.1) is 0 Å². The summed E-state index contributed by atoms with van der Waals surface area (Å²) in [6.07, 6.45) is -0.502. The minimum Gasteiger partial charge on any atom is -0.447 e. The summed E-state index contributed by atoms with van der Waals surface area (Å²) in [5.41, 5.74) is 1.39. The maximum atomic E-state index is 11.6. The van der Waals surface area contributed by atoms with Gasteiger partial charge in [-0.1, -0.05) is 12.1 Å². The van der Waals surface area contributed by atoms with E-state index in [1.807, 2.05) is 6.07 Å². The van der Waals surface area contributed by atoms with Crippen molar-refractivity contribution in [1.82, 2.24) is 10.2 Å². The molecule has 1 aliphatic heterocycles. The molecule has 2 amide bonds. The topological polar surface area (TPSA) is 82.4 Å². The Morgan fingerprint density at radius 1 is 1.53 bits per heavy atom. The monoisotopic (exact) mass is 259 g/mol. The lowest BCUT2D eigenvalue weighted by molar-refractivity contribution is -0.124. The smallest absolute Gasteiger partial charge is 0.410 e. The van der Waals surface area contributed by atoms with Gasteiger partial charge in [0.1, 0.15) is 12.6 Å². The summed E-state index contributed by atoms with van der Waals surface area (Å²) < 4.78 is 4.89. The second-order valence-corrected chi connectivity index (χ2v) is 4.14. The fourth-order valence-corrected chi connectivity index (χ4v) is 1.89. The molecule has 1 saturated heterocycles. The fraction of sp³-hybridized carbons (Fsp3) is 0.308. The van der Waals surface area contributed by atoms with Crippen molar-refractivity contribution < 1.29 is 14.3 Å². The average Bonchev–Trinajstić information content (AvgIpc) is 2.80. The Morgan fingerprint density at radius 3 is 2.79 bits per heavy atom. The van der Waals surface area contributed by atoms with Crippen molar-refractivity contribution in [3.63, 3.8) is 0 Å². The largest absolute Gasteiger partial charge is 0.447 e. The van der Waals surface area contributed by atoms with Crippen molar-refractivity contribution in [2.24, 2.45) is 0 Å². The molecule has 0 saturated carbocycles. The van der Waals surface area contributed by atoms with Crippen molar-refractivity contribution in [2.45, 2.75) is 12.6 Å². The number of hydrogen-bond acceptors (Lipinski definition) is 4. The van der Waals surface area contributed by atoms with Gasteiger partial charge < -0.3 is 10.1 Å². The Kier molecular flexibility index (Phi) is 3.66. The van der Waals surface area contributed by atoms with Gasteiger partial charge in [0.05, 0.1) is 18.2 Å². The predicted molar refractivity (Wildman–Crippen MR) is 65.9 cm³/mol. The number of carbonyl (C=O) groups is 2. The number of carbonyl (C=O) groups excluding carboxylic acids is 2. The molecule has 1 atom stereocenters. The van der Waals surface area contributed by atoms with Gasteiger partial charge >= 0.3 is 6.09 Å². The van der Waals surface area contributed by atoms with Gasteiger partial charge in [-0.05, 0) is 17.7 Å². The molecule has 0 bridgehead atoms. The molecular formula is C13H13N3O3. The average molecular weight is 259 g/mol. The standard InChI is InChI=1S/C13H13N3O3/c1-15-12(17)11-8-19-13(18)16(11)7-10-4-2-9(6-14)3-5-10/h2-5,11H,7-8H2,1H3,(H,15,17)/t11-/m0/s1. The van der Waals surface area contributed by atoms with Gasteiger partial charge in [-0.3, -0.25) is 9.69 Å². The van der Waals surface area contributed by atoms with Crippen LogP contribution in [0, 0.1) is 11.3 Å². The maximum Gasteiger partial charge on any atom is 0.410 e. The van der Waals surface area contributed by atoms with Crippen LogP contribution in [-0.4, -0.2) is 36.6 Å². The van der Waals surface area contributed by atoms with Gasteiger partial charge in [0.15, 0.2) is 0 Å². The lowest BCUT2D eigenvalue weighted by atomic mass is 10.1. The highest BCUT2D eigenvalue weighted by Crippen LogP contribution is 2.17. The molecule has 2 rings (SSSR count). The third-order valence-electron chi connectivity index (χ3n) is 2.96. The SMILES string of the molecule is CNC(=O)[C@@H]1COC(=O)N1Cc1ccc(C#N)cc1. The van der Waals surface area contributed by atoms with Crippen LogP contribution in [0.1, 0.15) is 11.1 Å². The highest BCUT2D eigenvalue weighted by atomic mass is 16.6. The first-order chi connectivity index (χ1) is 9.15. The zero-order valence-corrected chi connectivity index (χ0v) is 10.4. The summed E-state index contributed by atoms with van der Waals surface area (Å²) in [4.78, 5) is 24.6. The first kappa shape index (κ1) is 12.9. The van der Waals surface area contributed by atoms with E-state index in [2.05, 4.69) is 5.32 Å². The maximum absolute atomic E-state index is 11.6. The minimum absolute atomic E-state index is 0.0643. The number of cyclic esters (lactones) is 1. The Bertz CT molecular complexity index is 533. The molecule has 0 aliphatic carbocycles. The van der Waals surface area contributed by atoms with E-state index in [4.69, 9.17) is 10.00 Å². The molecule has 1 aromatic carbocycles. The van der Waals surface area contributed by atoms with E-state index in [-0.39, 0.29) is 19.1 Å². The number of nitrogens with zero attached hydrogens (tertiary/aromatic N) is 2. The highest BCUT2D eigenvalue weighted by molar-refractivity contribution is 5.87. The number of rotatable bonds is 3. The third-order valence-corrected chi connectivity index (χ3v) is 2.96. The number of nitrogens with one attached hydrogen (secondary N) is 1. The number of likely N-dealkylation sites (N-methyl/N-ethyl adjacent to an activating group) is 1. The van der Waals surface area contributed by atoms with Crippen LogP contribution in [-0.2, 0) is 16.1 Å². The van der Waals surface area contributed by atoms with Crippen LogP contribution in [0.4, 0.5) is 4.79 Å². The molecule has 0 radical (unpaired) electrons. The molecule has 1 heterocycles. The van der Waals surface area contributed by atoms with Gasteiger partial charge in [0, 0.05) is 7.05 Å². The normalized spacial score (nSPS) is 17.8. The molecule has 19 heavy (non-hydrogen) atoms. The number of amides is 2. The van der Waals surface area contributed by atoms with Crippen molar-refractivity contribution >= 4 is 12.0 Å². The van der Waals surface area contributed by atoms with Crippen molar-refractivity contribution in [3.8, 4) is 6.07 Å².